The lowest BCUT2D eigenvalue weighted by Crippen LogP contribution is -2.15. The van der Waals surface area contributed by atoms with Gasteiger partial charge in [0.15, 0.2) is 17.1 Å². The van der Waals surface area contributed by atoms with Crippen LogP contribution in [0, 0.1) is 13.8 Å². The molecule has 0 aliphatic heterocycles. The number of hydrogen-bond donors (Lipinski definition) is 1. The lowest BCUT2D eigenvalue weighted by molar-refractivity contribution is -0.113. The molecule has 164 valence electrons. The Kier molecular flexibility index (Phi) is 7.38. The number of ether oxygens (including phenoxy) is 1. The van der Waals surface area contributed by atoms with E-state index < -0.39 is 0 Å². The zero-order chi connectivity index (χ0) is 22.5. The standard InChI is InChI=1S/C24H30N4O2S/c1-15(2)19-8-10-20(11-9-19)25-22(29)14-31-24-27-26-23(28(24)6)18(5)30-21-12-7-16(3)13-17(21)4/h7-13,15,18H,14H2,1-6H3,(H,25,29). The number of anilines is 1. The summed E-state index contributed by atoms with van der Waals surface area (Å²) in [5, 5.41) is 12.1. The predicted molar refractivity (Wildman–Crippen MR) is 126 cm³/mol. The molecule has 0 aliphatic rings. The molecule has 1 aromatic heterocycles. The second-order valence-electron chi connectivity index (χ2n) is 8.04. The normalized spacial score (nSPS) is 12.1. The average molecular weight is 439 g/mol. The van der Waals surface area contributed by atoms with Crippen molar-refractivity contribution in [3.05, 3.63) is 65.0 Å². The van der Waals surface area contributed by atoms with Gasteiger partial charge >= 0.3 is 0 Å². The van der Waals surface area contributed by atoms with E-state index in [0.29, 0.717) is 16.9 Å². The van der Waals surface area contributed by atoms with Crippen LogP contribution in [0.25, 0.3) is 0 Å². The number of rotatable bonds is 8. The summed E-state index contributed by atoms with van der Waals surface area (Å²) in [5.41, 5.74) is 4.33. The molecule has 1 amide bonds. The number of nitrogens with one attached hydrogen (secondary N) is 1. The van der Waals surface area contributed by atoms with Crippen LogP contribution in [-0.2, 0) is 11.8 Å². The van der Waals surface area contributed by atoms with Crippen molar-refractivity contribution >= 4 is 23.4 Å². The fourth-order valence-electron chi connectivity index (χ4n) is 3.26. The third kappa shape index (κ3) is 5.88. The molecule has 0 radical (unpaired) electrons. The summed E-state index contributed by atoms with van der Waals surface area (Å²) in [6.07, 6.45) is -0.262. The summed E-state index contributed by atoms with van der Waals surface area (Å²) in [5.74, 6) is 2.19. The molecular weight excluding hydrogens is 408 g/mol. The molecule has 6 nitrogen and oxygen atoms in total. The van der Waals surface area contributed by atoms with Crippen molar-refractivity contribution in [2.45, 2.75) is 51.8 Å². The Hall–Kier alpha value is -2.80. The van der Waals surface area contributed by atoms with Crippen molar-refractivity contribution in [3.8, 4) is 5.75 Å². The highest BCUT2D eigenvalue weighted by molar-refractivity contribution is 7.99. The fourth-order valence-corrected chi connectivity index (χ4v) is 3.98. The summed E-state index contributed by atoms with van der Waals surface area (Å²) in [6.45, 7) is 10.3. The average Bonchev–Trinajstić information content (AvgIpc) is 3.09. The van der Waals surface area contributed by atoms with Gasteiger partial charge in [0, 0.05) is 12.7 Å². The highest BCUT2D eigenvalue weighted by Crippen LogP contribution is 2.26. The molecule has 3 rings (SSSR count). The highest BCUT2D eigenvalue weighted by atomic mass is 32.2. The highest BCUT2D eigenvalue weighted by Gasteiger charge is 2.18. The Morgan fingerprint density at radius 2 is 1.81 bits per heavy atom. The quantitative estimate of drug-likeness (QED) is 0.475. The van der Waals surface area contributed by atoms with Crippen molar-refractivity contribution < 1.29 is 9.53 Å². The molecule has 0 fully saturated rings. The minimum atomic E-state index is -0.262. The van der Waals surface area contributed by atoms with Gasteiger partial charge in [-0.15, -0.1) is 10.2 Å². The molecule has 3 aromatic rings. The smallest absolute Gasteiger partial charge is 0.234 e. The molecule has 0 aliphatic carbocycles. The molecule has 1 N–H and O–H groups in total. The molecule has 0 saturated carbocycles. The maximum atomic E-state index is 12.3. The Labute approximate surface area is 188 Å². The maximum absolute atomic E-state index is 12.3. The summed E-state index contributed by atoms with van der Waals surface area (Å²) in [4.78, 5) is 12.3. The van der Waals surface area contributed by atoms with E-state index in [9.17, 15) is 4.79 Å². The van der Waals surface area contributed by atoms with Gasteiger partial charge in [-0.05, 0) is 56.0 Å². The molecule has 7 heteroatoms. The summed E-state index contributed by atoms with van der Waals surface area (Å²) in [6, 6.07) is 14.1. The zero-order valence-electron chi connectivity index (χ0n) is 19.0. The number of hydrogen-bond acceptors (Lipinski definition) is 5. The van der Waals surface area contributed by atoms with Gasteiger partial charge in [-0.3, -0.25) is 4.79 Å². The van der Waals surface area contributed by atoms with Gasteiger partial charge in [0.25, 0.3) is 0 Å². The Balaban J connectivity index is 1.57. The molecule has 1 atom stereocenters. The van der Waals surface area contributed by atoms with Crippen molar-refractivity contribution in [1.82, 2.24) is 14.8 Å². The number of carbonyl (C=O) groups is 1. The second-order valence-corrected chi connectivity index (χ2v) is 8.98. The van der Waals surface area contributed by atoms with E-state index in [0.717, 1.165) is 17.0 Å². The number of aromatic nitrogens is 3. The maximum Gasteiger partial charge on any atom is 0.234 e. The van der Waals surface area contributed by atoms with Crippen molar-refractivity contribution in [2.75, 3.05) is 11.1 Å². The van der Waals surface area contributed by atoms with E-state index in [1.165, 1.54) is 22.9 Å². The Bertz CT molecular complexity index is 1040. The molecule has 0 bridgehead atoms. The van der Waals surface area contributed by atoms with Gasteiger partial charge in [0.2, 0.25) is 5.91 Å². The Morgan fingerprint density at radius 3 is 2.45 bits per heavy atom. The van der Waals surface area contributed by atoms with E-state index >= 15 is 0 Å². The van der Waals surface area contributed by atoms with Crippen LogP contribution < -0.4 is 10.1 Å². The van der Waals surface area contributed by atoms with Gasteiger partial charge < -0.3 is 14.6 Å². The van der Waals surface area contributed by atoms with Crippen LogP contribution in [0.15, 0.2) is 47.6 Å². The van der Waals surface area contributed by atoms with Crippen LogP contribution in [0.5, 0.6) is 5.75 Å². The first-order valence-corrected chi connectivity index (χ1v) is 11.4. The lowest BCUT2D eigenvalue weighted by Gasteiger charge is -2.16. The number of aryl methyl sites for hydroxylation is 2. The van der Waals surface area contributed by atoms with E-state index in [2.05, 4.69) is 42.4 Å². The van der Waals surface area contributed by atoms with Gasteiger partial charge in [-0.25, -0.2) is 0 Å². The number of thioether (sulfide) groups is 1. The van der Waals surface area contributed by atoms with E-state index in [-0.39, 0.29) is 17.8 Å². The molecule has 1 heterocycles. The fraction of sp³-hybridized carbons (Fsp3) is 0.375. The molecule has 2 aromatic carbocycles. The van der Waals surface area contributed by atoms with Crippen LogP contribution in [0.2, 0.25) is 0 Å². The van der Waals surface area contributed by atoms with Crippen molar-refractivity contribution in [2.24, 2.45) is 7.05 Å². The van der Waals surface area contributed by atoms with E-state index in [1.54, 1.807) is 0 Å². The first-order valence-electron chi connectivity index (χ1n) is 10.4. The largest absolute Gasteiger partial charge is 0.482 e. The number of amides is 1. The molecule has 1 unspecified atom stereocenters. The first-order chi connectivity index (χ1) is 14.7. The minimum Gasteiger partial charge on any atom is -0.482 e. The molecule has 0 spiro atoms. The predicted octanol–water partition coefficient (Wildman–Crippen LogP) is 5.43. The van der Waals surface area contributed by atoms with Crippen LogP contribution in [0.3, 0.4) is 0 Å². The van der Waals surface area contributed by atoms with E-state index in [1.807, 2.05) is 61.9 Å². The minimum absolute atomic E-state index is 0.0774. The number of nitrogens with zero attached hydrogens (tertiary/aromatic N) is 3. The summed E-state index contributed by atoms with van der Waals surface area (Å²) >= 11 is 1.35. The molecule has 31 heavy (non-hydrogen) atoms. The third-order valence-corrected chi connectivity index (χ3v) is 6.08. The SMILES string of the molecule is Cc1ccc(OC(C)c2nnc(SCC(=O)Nc3ccc(C(C)C)cc3)n2C)c(C)c1. The topological polar surface area (TPSA) is 69.0 Å². The van der Waals surface area contributed by atoms with E-state index in [4.69, 9.17) is 4.74 Å². The molecular formula is C24H30N4O2S. The van der Waals surface area contributed by atoms with Gasteiger partial charge in [0.05, 0.1) is 5.75 Å². The van der Waals surface area contributed by atoms with Gasteiger partial charge in [-0.1, -0.05) is 55.4 Å². The van der Waals surface area contributed by atoms with Crippen LogP contribution in [0.1, 0.15) is 55.3 Å². The summed E-state index contributed by atoms with van der Waals surface area (Å²) in [7, 11) is 1.89. The zero-order valence-corrected chi connectivity index (χ0v) is 19.8. The van der Waals surface area contributed by atoms with Crippen molar-refractivity contribution in [1.29, 1.82) is 0 Å². The number of benzene rings is 2. The van der Waals surface area contributed by atoms with Gasteiger partial charge in [-0.2, -0.15) is 0 Å². The first kappa shape index (κ1) is 22.9. The lowest BCUT2D eigenvalue weighted by atomic mass is 10.0. The Morgan fingerprint density at radius 1 is 1.10 bits per heavy atom. The van der Waals surface area contributed by atoms with Crippen LogP contribution in [-0.4, -0.2) is 26.4 Å². The van der Waals surface area contributed by atoms with Crippen molar-refractivity contribution in [3.63, 3.8) is 0 Å². The van der Waals surface area contributed by atoms with Crippen LogP contribution in [0.4, 0.5) is 5.69 Å². The monoisotopic (exact) mass is 438 g/mol. The third-order valence-electron chi connectivity index (χ3n) is 5.06. The summed E-state index contributed by atoms with van der Waals surface area (Å²) < 4.78 is 7.98. The molecule has 0 saturated heterocycles. The van der Waals surface area contributed by atoms with Crippen LogP contribution >= 0.6 is 11.8 Å². The number of carbonyl (C=O) groups excluding carboxylic acids is 1. The second kappa shape index (κ2) is 10.0. The van der Waals surface area contributed by atoms with Gasteiger partial charge in [0.1, 0.15) is 5.75 Å².